The molecule has 0 saturated heterocycles. The predicted octanol–water partition coefficient (Wildman–Crippen LogP) is 5.21. The minimum atomic E-state index is -1.65. The number of aromatic carboxylic acids is 1. The predicted molar refractivity (Wildman–Crippen MR) is 106 cm³/mol. The summed E-state index contributed by atoms with van der Waals surface area (Å²) in [5.41, 5.74) is 0.472. The summed E-state index contributed by atoms with van der Waals surface area (Å²) in [5, 5.41) is 9.62. The molecule has 8 heteroatoms. The first-order valence-corrected chi connectivity index (χ1v) is 10.3. The number of carboxylic acids is 1. The van der Waals surface area contributed by atoms with Crippen molar-refractivity contribution in [1.82, 2.24) is 0 Å². The van der Waals surface area contributed by atoms with Crippen LogP contribution in [0.4, 0.5) is 14.5 Å². The second kappa shape index (κ2) is 10.1. The fourth-order valence-corrected chi connectivity index (χ4v) is 4.32. The van der Waals surface area contributed by atoms with Crippen LogP contribution in [-0.4, -0.2) is 42.9 Å². The minimum absolute atomic E-state index is 0.0264. The maximum absolute atomic E-state index is 14.3. The van der Waals surface area contributed by atoms with E-state index in [1.165, 1.54) is 11.0 Å². The topological polar surface area (TPSA) is 66.8 Å². The summed E-state index contributed by atoms with van der Waals surface area (Å²) in [6.45, 7) is 3.96. The van der Waals surface area contributed by atoms with Gasteiger partial charge in [-0.2, -0.15) is 0 Å². The van der Waals surface area contributed by atoms with Gasteiger partial charge in [-0.15, -0.1) is 11.3 Å². The molecule has 1 heterocycles. The van der Waals surface area contributed by atoms with Crippen LogP contribution in [0.5, 0.6) is 0 Å². The molecule has 0 aromatic carbocycles. The van der Waals surface area contributed by atoms with Crippen molar-refractivity contribution in [3.05, 3.63) is 21.6 Å². The Bertz CT molecular complexity index is 747. The summed E-state index contributed by atoms with van der Waals surface area (Å²) in [5.74, 6) is -2.21. The molecule has 28 heavy (non-hydrogen) atoms. The van der Waals surface area contributed by atoms with Gasteiger partial charge in [0.15, 0.2) is 6.17 Å². The van der Waals surface area contributed by atoms with E-state index in [2.05, 4.69) is 0 Å². The second-order valence-electron chi connectivity index (χ2n) is 6.90. The Labute approximate surface area is 168 Å². The van der Waals surface area contributed by atoms with Gasteiger partial charge in [0.05, 0.1) is 11.8 Å². The van der Waals surface area contributed by atoms with Crippen LogP contribution in [0.1, 0.15) is 66.9 Å². The highest BCUT2D eigenvalue weighted by Crippen LogP contribution is 2.41. The second-order valence-corrected chi connectivity index (χ2v) is 7.96. The molecule has 0 radical (unpaired) electrons. The number of nitrogens with zero attached hydrogens (tertiary/aromatic N) is 1. The van der Waals surface area contributed by atoms with Gasteiger partial charge in [0, 0.05) is 30.5 Å². The van der Waals surface area contributed by atoms with Crippen molar-refractivity contribution in [3.8, 4) is 0 Å². The van der Waals surface area contributed by atoms with Crippen LogP contribution < -0.4 is 4.90 Å². The number of alkyl halides is 1. The van der Waals surface area contributed by atoms with E-state index in [1.54, 1.807) is 14.0 Å². The Kier molecular flexibility index (Phi) is 8.12. The lowest BCUT2D eigenvalue weighted by Gasteiger charge is -2.23. The van der Waals surface area contributed by atoms with Crippen molar-refractivity contribution in [3.63, 3.8) is 0 Å². The van der Waals surface area contributed by atoms with E-state index in [1.807, 2.05) is 6.92 Å². The Morgan fingerprint density at radius 1 is 1.46 bits per heavy atom. The number of allylic oxidation sites excluding steroid dienone is 2. The Morgan fingerprint density at radius 2 is 2.18 bits per heavy atom. The fourth-order valence-electron chi connectivity index (χ4n) is 3.24. The number of ether oxygens (including phenoxy) is 1. The highest BCUT2D eigenvalue weighted by molar-refractivity contribution is 7.15. The van der Waals surface area contributed by atoms with Crippen LogP contribution in [0.25, 0.3) is 5.57 Å². The molecule has 0 aliphatic heterocycles. The minimum Gasteiger partial charge on any atom is -0.477 e. The fraction of sp³-hybridized carbons (Fsp3) is 0.600. The molecule has 1 aromatic heterocycles. The van der Waals surface area contributed by atoms with Gasteiger partial charge in [-0.05, 0) is 45.1 Å². The molecule has 156 valence electrons. The standard InChI is InChI=1S/C20H27F2NO4S/c1-4-17(24)23(10-6-7-12(2)27-3)15-11-16(28-19(15)20(25)26)13-8-5-9-14(21)18(13)22/h11-12,14H,4-10H2,1-3H3,(H,25,26). The molecule has 1 N–H and O–H groups in total. The average molecular weight is 416 g/mol. The molecule has 2 rings (SSSR count). The molecule has 1 aliphatic rings. The highest BCUT2D eigenvalue weighted by Gasteiger charge is 2.29. The Hall–Kier alpha value is -1.80. The summed E-state index contributed by atoms with van der Waals surface area (Å²) in [6.07, 6.45) is 0.946. The Balaban J connectivity index is 2.39. The zero-order valence-corrected chi connectivity index (χ0v) is 17.3. The zero-order valence-electron chi connectivity index (χ0n) is 16.5. The molecule has 1 aliphatic carbocycles. The number of anilines is 1. The quantitative estimate of drug-likeness (QED) is 0.601. The zero-order chi connectivity index (χ0) is 20.8. The number of halogens is 2. The molecule has 0 spiro atoms. The third-order valence-corrected chi connectivity index (χ3v) is 6.11. The van der Waals surface area contributed by atoms with Gasteiger partial charge >= 0.3 is 5.97 Å². The van der Waals surface area contributed by atoms with E-state index < -0.39 is 18.0 Å². The lowest BCUT2D eigenvalue weighted by molar-refractivity contribution is -0.118. The van der Waals surface area contributed by atoms with Crippen molar-refractivity contribution in [2.45, 2.75) is 64.6 Å². The smallest absolute Gasteiger partial charge is 0.348 e. The van der Waals surface area contributed by atoms with Gasteiger partial charge in [-0.3, -0.25) is 4.79 Å². The first kappa shape index (κ1) is 22.5. The van der Waals surface area contributed by atoms with E-state index in [9.17, 15) is 23.5 Å². The number of methoxy groups -OCH3 is 1. The molecule has 2 unspecified atom stereocenters. The molecular weight excluding hydrogens is 388 g/mol. The van der Waals surface area contributed by atoms with Crippen LogP contribution in [0.2, 0.25) is 0 Å². The third kappa shape index (κ3) is 5.17. The van der Waals surface area contributed by atoms with Crippen molar-refractivity contribution in [2.24, 2.45) is 0 Å². The van der Waals surface area contributed by atoms with Crippen molar-refractivity contribution >= 4 is 34.5 Å². The number of carbonyl (C=O) groups excluding carboxylic acids is 1. The number of carboxylic acid groups (broad SMARTS) is 1. The van der Waals surface area contributed by atoms with E-state index >= 15 is 0 Å². The van der Waals surface area contributed by atoms with Gasteiger partial charge in [-0.25, -0.2) is 13.6 Å². The maximum atomic E-state index is 14.3. The number of carbonyl (C=O) groups is 2. The van der Waals surface area contributed by atoms with Crippen LogP contribution in [0, 0.1) is 0 Å². The van der Waals surface area contributed by atoms with E-state index in [0.717, 1.165) is 11.3 Å². The first-order chi connectivity index (χ1) is 13.3. The lowest BCUT2D eigenvalue weighted by Crippen LogP contribution is -2.32. The normalized spacial score (nSPS) is 18.2. The average Bonchev–Trinajstić information content (AvgIpc) is 3.11. The van der Waals surface area contributed by atoms with E-state index in [-0.39, 0.29) is 41.0 Å². The summed E-state index contributed by atoms with van der Waals surface area (Å²) in [6, 6.07) is 1.52. The lowest BCUT2D eigenvalue weighted by atomic mass is 9.96. The first-order valence-electron chi connectivity index (χ1n) is 9.53. The summed E-state index contributed by atoms with van der Waals surface area (Å²) >= 11 is 0.898. The SMILES string of the molecule is CCC(=O)N(CCCC(C)OC)c1cc(C2=C(F)C(F)CCC2)sc1C(=O)O. The van der Waals surface area contributed by atoms with Gasteiger partial charge in [0.1, 0.15) is 10.7 Å². The molecule has 2 atom stereocenters. The van der Waals surface area contributed by atoms with Gasteiger partial charge in [-0.1, -0.05) is 6.92 Å². The van der Waals surface area contributed by atoms with Gasteiger partial charge in [0.25, 0.3) is 0 Å². The van der Waals surface area contributed by atoms with E-state index in [4.69, 9.17) is 4.74 Å². The van der Waals surface area contributed by atoms with Crippen LogP contribution in [-0.2, 0) is 9.53 Å². The van der Waals surface area contributed by atoms with Crippen LogP contribution >= 0.6 is 11.3 Å². The summed E-state index contributed by atoms with van der Waals surface area (Å²) in [7, 11) is 1.61. The number of thiophene rings is 1. The number of hydrogen-bond donors (Lipinski definition) is 1. The van der Waals surface area contributed by atoms with Crippen LogP contribution in [0.15, 0.2) is 11.9 Å². The number of amides is 1. The van der Waals surface area contributed by atoms with Crippen molar-refractivity contribution in [1.29, 1.82) is 0 Å². The molecular formula is C20H27F2NO4S. The van der Waals surface area contributed by atoms with Crippen molar-refractivity contribution < 1.29 is 28.2 Å². The number of hydrogen-bond acceptors (Lipinski definition) is 4. The largest absolute Gasteiger partial charge is 0.477 e. The molecule has 1 amide bonds. The van der Waals surface area contributed by atoms with Crippen molar-refractivity contribution in [2.75, 3.05) is 18.6 Å². The molecule has 5 nitrogen and oxygen atoms in total. The summed E-state index contributed by atoms with van der Waals surface area (Å²) in [4.78, 5) is 26.1. The van der Waals surface area contributed by atoms with Gasteiger partial charge < -0.3 is 14.7 Å². The van der Waals surface area contributed by atoms with E-state index in [0.29, 0.717) is 37.1 Å². The summed E-state index contributed by atoms with van der Waals surface area (Å²) < 4.78 is 33.3. The monoisotopic (exact) mass is 415 g/mol. The number of rotatable bonds is 9. The molecule has 1 aromatic rings. The highest BCUT2D eigenvalue weighted by atomic mass is 32.1. The molecule has 0 fully saturated rings. The van der Waals surface area contributed by atoms with Gasteiger partial charge in [0.2, 0.25) is 5.91 Å². The molecule has 0 saturated carbocycles. The maximum Gasteiger partial charge on any atom is 0.348 e. The van der Waals surface area contributed by atoms with Crippen LogP contribution in [0.3, 0.4) is 0 Å². The molecule has 0 bridgehead atoms. The Morgan fingerprint density at radius 3 is 2.79 bits per heavy atom. The third-order valence-electron chi connectivity index (χ3n) is 4.94.